The average molecular weight is 445 g/mol. The minimum atomic E-state index is 0.583. The molecule has 4 rings (SSSR count). The summed E-state index contributed by atoms with van der Waals surface area (Å²) in [6.07, 6.45) is 7.76. The van der Waals surface area contributed by atoms with E-state index in [-0.39, 0.29) is 0 Å². The van der Waals surface area contributed by atoms with Gasteiger partial charge in [-0.05, 0) is 48.5 Å². The lowest BCUT2D eigenvalue weighted by molar-refractivity contribution is -0.657. The van der Waals surface area contributed by atoms with Gasteiger partial charge in [0.2, 0.25) is 0 Å². The van der Waals surface area contributed by atoms with Gasteiger partial charge in [0.05, 0.1) is 59.6 Å². The molecule has 0 bridgehead atoms. The molecule has 0 saturated heterocycles. The average Bonchev–Trinajstić information content (AvgIpc) is 3.32. The van der Waals surface area contributed by atoms with Gasteiger partial charge in [-0.3, -0.25) is 0 Å². The molecule has 0 atom stereocenters. The normalized spacial score (nSPS) is 11.5. The number of hydrogen-bond acceptors (Lipinski definition) is 6. The van der Waals surface area contributed by atoms with Crippen molar-refractivity contribution in [2.45, 2.75) is 0 Å². The van der Waals surface area contributed by atoms with Crippen LogP contribution >= 0.6 is 0 Å². The predicted octanol–water partition coefficient (Wildman–Crippen LogP) is 4.32. The summed E-state index contributed by atoms with van der Waals surface area (Å²) in [4.78, 5) is 0. The van der Waals surface area contributed by atoms with Crippen LogP contribution in [0.25, 0.3) is 0 Å². The first-order valence-electron chi connectivity index (χ1n) is 10.5. The Hall–Kier alpha value is -4.34. The molecule has 0 aliphatic carbocycles. The van der Waals surface area contributed by atoms with Crippen molar-refractivity contribution in [1.29, 1.82) is 0 Å². The molecule has 0 saturated carbocycles. The fourth-order valence-electron chi connectivity index (χ4n) is 3.19. The maximum absolute atomic E-state index is 4.31. The summed E-state index contributed by atoms with van der Waals surface area (Å²) in [6.45, 7) is 0.583. The van der Waals surface area contributed by atoms with Crippen LogP contribution in [0, 0.1) is 0 Å². The van der Waals surface area contributed by atoms with Crippen LogP contribution in [0.15, 0.2) is 93.8 Å². The van der Waals surface area contributed by atoms with Gasteiger partial charge in [0.15, 0.2) is 0 Å². The molecule has 0 unspecified atom stereocenters. The van der Waals surface area contributed by atoms with Crippen LogP contribution in [0.1, 0.15) is 0 Å². The number of rotatable bonds is 8. The highest BCUT2D eigenvalue weighted by Crippen LogP contribution is 2.20. The van der Waals surface area contributed by atoms with E-state index < -0.39 is 0 Å². The molecule has 0 amide bonds. The van der Waals surface area contributed by atoms with Crippen molar-refractivity contribution in [3.63, 3.8) is 0 Å². The van der Waals surface area contributed by atoms with Gasteiger partial charge in [0.1, 0.15) is 11.4 Å². The summed E-state index contributed by atoms with van der Waals surface area (Å²) in [5, 5.41) is 23.9. The second-order valence-corrected chi connectivity index (χ2v) is 7.66. The molecule has 0 spiro atoms. The first-order valence-corrected chi connectivity index (χ1v) is 10.5. The number of hydrogen-bond donors (Lipinski definition) is 2. The fraction of sp³-hybridized carbons (Fsp3) is 0.217. The number of imidazole rings is 2. The second-order valence-electron chi connectivity index (χ2n) is 7.66. The maximum Gasteiger partial charge on any atom is 0.421 e. The molecule has 2 aromatic carbocycles. The minimum absolute atomic E-state index is 0.583. The van der Waals surface area contributed by atoms with E-state index in [9.17, 15) is 0 Å². The van der Waals surface area contributed by atoms with Gasteiger partial charge in [-0.2, -0.15) is 0 Å². The summed E-state index contributed by atoms with van der Waals surface area (Å²) in [5.41, 5.74) is 3.57. The molecule has 2 N–H and O–H groups in total. The monoisotopic (exact) mass is 444 g/mol. The first-order chi connectivity index (χ1) is 16.0. The van der Waals surface area contributed by atoms with Crippen LogP contribution in [-0.4, -0.2) is 15.8 Å². The molecular formula is C23H28N10+2. The van der Waals surface area contributed by atoms with Crippen LogP contribution in [0.2, 0.25) is 0 Å². The summed E-state index contributed by atoms with van der Waals surface area (Å²) < 4.78 is 7.68. The van der Waals surface area contributed by atoms with Crippen LogP contribution in [0.5, 0.6) is 0 Å². The first kappa shape index (κ1) is 21.9. The van der Waals surface area contributed by atoms with Gasteiger partial charge >= 0.3 is 11.9 Å². The van der Waals surface area contributed by atoms with Crippen molar-refractivity contribution in [3.8, 4) is 0 Å². The fourth-order valence-corrected chi connectivity index (χ4v) is 3.19. The largest absolute Gasteiger partial charge is 0.421 e. The quantitative estimate of drug-likeness (QED) is 0.241. The van der Waals surface area contributed by atoms with Crippen molar-refractivity contribution in [2.24, 2.45) is 48.6 Å². The number of azo groups is 2. The molecule has 2 aromatic heterocycles. The van der Waals surface area contributed by atoms with Crippen LogP contribution in [-0.2, 0) is 28.2 Å². The zero-order chi connectivity index (χ0) is 23.2. The Morgan fingerprint density at radius 3 is 1.36 bits per heavy atom. The lowest BCUT2D eigenvalue weighted by Crippen LogP contribution is -2.25. The number of anilines is 2. The molecule has 0 aliphatic heterocycles. The molecule has 0 aliphatic rings. The molecule has 10 heteroatoms. The molecule has 0 fully saturated rings. The lowest BCUT2D eigenvalue weighted by Gasteiger charge is -2.09. The standard InChI is InChI=1S/C23H26N10/c1-30-13-14-31(2)22(30)28-26-20-9-5-18(6-10-20)24-17-25-19-7-11-21(12-8-19)27-29-23-32(3)15-16-33(23)4/h5-16H,17H2,1-4H3/p+2. The van der Waals surface area contributed by atoms with Gasteiger partial charge in [-0.25, -0.2) is 18.3 Å². The molecule has 2 heterocycles. The van der Waals surface area contributed by atoms with E-state index >= 15 is 0 Å². The van der Waals surface area contributed by atoms with Crippen molar-refractivity contribution in [1.82, 2.24) is 9.13 Å². The summed E-state index contributed by atoms with van der Waals surface area (Å²) >= 11 is 0. The van der Waals surface area contributed by atoms with Gasteiger partial charge in [-0.1, -0.05) is 10.2 Å². The molecule has 33 heavy (non-hydrogen) atoms. The number of nitrogens with zero attached hydrogens (tertiary/aromatic N) is 8. The third kappa shape index (κ3) is 5.48. The van der Waals surface area contributed by atoms with Crippen LogP contribution in [0.3, 0.4) is 0 Å². The van der Waals surface area contributed by atoms with Gasteiger partial charge in [-0.15, -0.1) is 0 Å². The van der Waals surface area contributed by atoms with E-state index in [2.05, 4.69) is 31.1 Å². The Kier molecular flexibility index (Phi) is 6.53. The van der Waals surface area contributed by atoms with Crippen molar-refractivity contribution in [3.05, 3.63) is 73.3 Å². The Balaban J connectivity index is 1.27. The van der Waals surface area contributed by atoms with Crippen molar-refractivity contribution < 1.29 is 9.13 Å². The van der Waals surface area contributed by atoms with E-state index in [0.29, 0.717) is 6.67 Å². The zero-order valence-corrected chi connectivity index (χ0v) is 19.2. The van der Waals surface area contributed by atoms with Gasteiger partial charge in [0.25, 0.3) is 0 Å². The third-order valence-electron chi connectivity index (χ3n) is 5.12. The van der Waals surface area contributed by atoms with E-state index in [1.165, 1.54) is 0 Å². The molecule has 4 aromatic rings. The predicted molar refractivity (Wildman–Crippen MR) is 127 cm³/mol. The Morgan fingerprint density at radius 1 is 0.636 bits per heavy atom. The van der Waals surface area contributed by atoms with Crippen molar-refractivity contribution >= 4 is 34.6 Å². The van der Waals surface area contributed by atoms with E-state index in [1.807, 2.05) is 120 Å². The third-order valence-corrected chi connectivity index (χ3v) is 5.12. The SMILES string of the molecule is Cn1cc[n+](C)c1N=Nc1ccc(NCNc2ccc(N=Nc3n(C)cc[n+]3C)cc2)cc1. The Morgan fingerprint density at radius 2 is 1.03 bits per heavy atom. The topological polar surface area (TPSA) is 91.1 Å². The molecule has 168 valence electrons. The Labute approximate surface area is 192 Å². The summed E-state index contributed by atoms with van der Waals surface area (Å²) in [6, 6.07) is 15.6. The van der Waals surface area contributed by atoms with Crippen LogP contribution in [0.4, 0.5) is 34.6 Å². The Bertz CT molecular complexity index is 1130. The number of aromatic nitrogens is 4. The zero-order valence-electron chi connectivity index (χ0n) is 19.2. The second kappa shape index (κ2) is 9.86. The number of benzene rings is 2. The highest BCUT2D eigenvalue weighted by molar-refractivity contribution is 5.54. The maximum atomic E-state index is 4.31. The summed E-state index contributed by atoms with van der Waals surface area (Å²) in [7, 11) is 7.76. The van der Waals surface area contributed by atoms with Gasteiger partial charge in [0, 0.05) is 21.6 Å². The summed E-state index contributed by atoms with van der Waals surface area (Å²) in [5.74, 6) is 1.56. The highest BCUT2D eigenvalue weighted by atomic mass is 15.3. The van der Waals surface area contributed by atoms with E-state index in [0.717, 1.165) is 34.6 Å². The van der Waals surface area contributed by atoms with E-state index in [1.54, 1.807) is 0 Å². The highest BCUT2D eigenvalue weighted by Gasteiger charge is 2.11. The van der Waals surface area contributed by atoms with E-state index in [4.69, 9.17) is 0 Å². The van der Waals surface area contributed by atoms with Crippen LogP contribution < -0.4 is 19.8 Å². The number of aryl methyl sites for hydroxylation is 4. The molecule has 0 radical (unpaired) electrons. The minimum Gasteiger partial charge on any atom is -0.368 e. The smallest absolute Gasteiger partial charge is 0.368 e. The van der Waals surface area contributed by atoms with Gasteiger partial charge < -0.3 is 10.6 Å². The molecular weight excluding hydrogens is 416 g/mol. The number of nitrogens with one attached hydrogen (secondary N) is 2. The lowest BCUT2D eigenvalue weighted by atomic mass is 10.3. The van der Waals surface area contributed by atoms with Crippen molar-refractivity contribution in [2.75, 3.05) is 17.3 Å². The molecule has 10 nitrogen and oxygen atoms in total.